The molecule has 2 rings (SSSR count). The number of carbonyl (C=O) groups excluding carboxylic acids is 3. The van der Waals surface area contributed by atoms with E-state index in [2.05, 4.69) is 21.2 Å². The average Bonchev–Trinajstić information content (AvgIpc) is 2.54. The number of aryl methyl sites for hydroxylation is 1. The normalized spacial score (nSPS) is 9.83. The van der Waals surface area contributed by atoms with E-state index >= 15 is 0 Å². The Bertz CT molecular complexity index is 744. The largest absolute Gasteiger partial charge is 0.326 e. The maximum Gasteiger partial charge on any atom is 0.271 e. The molecule has 7 nitrogen and oxygen atoms in total. The Morgan fingerprint density at radius 1 is 1.00 bits per heavy atom. The lowest BCUT2D eigenvalue weighted by Crippen LogP contribution is -2.41. The van der Waals surface area contributed by atoms with Crippen molar-refractivity contribution in [3.8, 4) is 0 Å². The van der Waals surface area contributed by atoms with Crippen molar-refractivity contribution in [1.82, 2.24) is 15.8 Å². The van der Waals surface area contributed by atoms with Crippen LogP contribution in [-0.4, -0.2) is 22.7 Å². The Morgan fingerprint density at radius 3 is 2.30 bits per heavy atom. The van der Waals surface area contributed by atoms with Crippen LogP contribution in [0.4, 0.5) is 5.69 Å². The minimum Gasteiger partial charge on any atom is -0.326 e. The van der Waals surface area contributed by atoms with Gasteiger partial charge in [0.05, 0.1) is 5.56 Å². The zero-order valence-corrected chi connectivity index (χ0v) is 12.7. The summed E-state index contributed by atoms with van der Waals surface area (Å²) in [6.45, 7) is 3.21. The van der Waals surface area contributed by atoms with Gasteiger partial charge in [0.15, 0.2) is 0 Å². The Balaban J connectivity index is 2.03. The third-order valence-electron chi connectivity index (χ3n) is 3.02. The lowest BCUT2D eigenvalue weighted by molar-refractivity contribution is -0.114. The zero-order valence-electron chi connectivity index (χ0n) is 12.7. The highest BCUT2D eigenvalue weighted by Crippen LogP contribution is 2.16. The maximum atomic E-state index is 12.1. The third-order valence-corrected chi connectivity index (χ3v) is 3.02. The molecule has 0 aliphatic heterocycles. The lowest BCUT2D eigenvalue weighted by atomic mass is 10.1. The molecule has 0 unspecified atom stereocenters. The molecule has 0 aliphatic carbocycles. The van der Waals surface area contributed by atoms with Crippen LogP contribution in [0.25, 0.3) is 0 Å². The second-order valence-electron chi connectivity index (χ2n) is 4.86. The van der Waals surface area contributed by atoms with E-state index in [1.165, 1.54) is 13.1 Å². The van der Waals surface area contributed by atoms with Gasteiger partial charge in [-0.15, -0.1) is 0 Å². The van der Waals surface area contributed by atoms with Crippen LogP contribution in [-0.2, 0) is 4.79 Å². The van der Waals surface area contributed by atoms with Crippen molar-refractivity contribution in [3.05, 3.63) is 59.4 Å². The second-order valence-corrected chi connectivity index (χ2v) is 4.86. The van der Waals surface area contributed by atoms with E-state index < -0.39 is 11.8 Å². The van der Waals surface area contributed by atoms with Gasteiger partial charge in [0.2, 0.25) is 5.91 Å². The second kappa shape index (κ2) is 7.17. The molecular formula is C16H16N4O3. The van der Waals surface area contributed by atoms with Crippen LogP contribution in [0.1, 0.15) is 33.2 Å². The summed E-state index contributed by atoms with van der Waals surface area (Å²) < 4.78 is 0. The molecule has 0 aliphatic rings. The van der Waals surface area contributed by atoms with Gasteiger partial charge < -0.3 is 5.32 Å². The minimum atomic E-state index is -0.492. The molecule has 0 fully saturated rings. The van der Waals surface area contributed by atoms with E-state index in [1.807, 2.05) is 6.92 Å². The van der Waals surface area contributed by atoms with E-state index in [0.29, 0.717) is 16.8 Å². The number of hydrogen-bond acceptors (Lipinski definition) is 4. The Morgan fingerprint density at radius 2 is 1.70 bits per heavy atom. The molecule has 23 heavy (non-hydrogen) atoms. The summed E-state index contributed by atoms with van der Waals surface area (Å²) in [6.07, 6.45) is 2.94. The standard InChI is InChI=1S/C16H16N4O3/c1-10-5-6-12(8-14(10)18-11(2)21)15(22)19-20-16(23)13-4-3-7-17-9-13/h3-9H,1-2H3,(H,18,21)(H,19,22)(H,20,23). The molecule has 0 radical (unpaired) electrons. The summed E-state index contributed by atoms with van der Waals surface area (Å²) >= 11 is 0. The number of aromatic nitrogens is 1. The number of hydrogen-bond donors (Lipinski definition) is 3. The van der Waals surface area contributed by atoms with E-state index in [9.17, 15) is 14.4 Å². The average molecular weight is 312 g/mol. The lowest BCUT2D eigenvalue weighted by Gasteiger charge is -2.10. The predicted molar refractivity (Wildman–Crippen MR) is 84.7 cm³/mol. The number of amides is 3. The Labute approximate surface area is 133 Å². The summed E-state index contributed by atoms with van der Waals surface area (Å²) in [5, 5.41) is 2.64. The zero-order chi connectivity index (χ0) is 16.8. The van der Waals surface area contributed by atoms with Crippen LogP contribution in [0, 0.1) is 6.92 Å². The topological polar surface area (TPSA) is 100 Å². The van der Waals surface area contributed by atoms with Gasteiger partial charge in [-0.05, 0) is 36.8 Å². The van der Waals surface area contributed by atoms with Gasteiger partial charge in [0.1, 0.15) is 0 Å². The first-order valence-corrected chi connectivity index (χ1v) is 6.86. The number of anilines is 1. The molecule has 1 aromatic heterocycles. The SMILES string of the molecule is CC(=O)Nc1cc(C(=O)NNC(=O)c2cccnc2)ccc1C. The molecule has 3 N–H and O–H groups in total. The number of carbonyl (C=O) groups is 3. The van der Waals surface area contributed by atoms with E-state index in [1.54, 1.807) is 36.5 Å². The van der Waals surface area contributed by atoms with E-state index in [4.69, 9.17) is 0 Å². The van der Waals surface area contributed by atoms with Gasteiger partial charge in [-0.1, -0.05) is 6.07 Å². The van der Waals surface area contributed by atoms with Gasteiger partial charge in [-0.25, -0.2) is 0 Å². The predicted octanol–water partition coefficient (Wildman–Crippen LogP) is 1.42. The van der Waals surface area contributed by atoms with Crippen molar-refractivity contribution in [2.45, 2.75) is 13.8 Å². The van der Waals surface area contributed by atoms with Gasteiger partial charge in [0, 0.05) is 30.6 Å². The Kier molecular flexibility index (Phi) is 5.03. The van der Waals surface area contributed by atoms with Crippen molar-refractivity contribution < 1.29 is 14.4 Å². The van der Waals surface area contributed by atoms with Crippen molar-refractivity contribution in [2.75, 3.05) is 5.32 Å². The van der Waals surface area contributed by atoms with Gasteiger partial charge in [-0.2, -0.15) is 0 Å². The van der Waals surface area contributed by atoms with Crippen LogP contribution < -0.4 is 16.2 Å². The highest BCUT2D eigenvalue weighted by molar-refractivity contribution is 6.00. The molecule has 0 atom stereocenters. The fraction of sp³-hybridized carbons (Fsp3) is 0.125. The van der Waals surface area contributed by atoms with Crippen LogP contribution in [0.15, 0.2) is 42.7 Å². The summed E-state index contributed by atoms with van der Waals surface area (Å²) in [6, 6.07) is 8.06. The molecule has 0 saturated heterocycles. The molecule has 1 aromatic carbocycles. The van der Waals surface area contributed by atoms with Gasteiger partial charge in [0.25, 0.3) is 11.8 Å². The highest BCUT2D eigenvalue weighted by atomic mass is 16.2. The van der Waals surface area contributed by atoms with Crippen molar-refractivity contribution in [1.29, 1.82) is 0 Å². The molecule has 2 aromatic rings. The molecular weight excluding hydrogens is 296 g/mol. The molecule has 118 valence electrons. The van der Waals surface area contributed by atoms with Crippen LogP contribution in [0.5, 0.6) is 0 Å². The van der Waals surface area contributed by atoms with E-state index in [0.717, 1.165) is 5.56 Å². The molecule has 7 heteroatoms. The summed E-state index contributed by atoms with van der Waals surface area (Å²) in [7, 11) is 0. The third kappa shape index (κ3) is 4.37. The number of hydrazine groups is 1. The number of rotatable bonds is 3. The molecule has 3 amide bonds. The van der Waals surface area contributed by atoms with Crippen LogP contribution >= 0.6 is 0 Å². The fourth-order valence-corrected chi connectivity index (χ4v) is 1.84. The monoisotopic (exact) mass is 312 g/mol. The molecule has 1 heterocycles. The van der Waals surface area contributed by atoms with Crippen molar-refractivity contribution in [2.24, 2.45) is 0 Å². The molecule has 0 spiro atoms. The van der Waals surface area contributed by atoms with E-state index in [-0.39, 0.29) is 5.91 Å². The Hall–Kier alpha value is -3.22. The van der Waals surface area contributed by atoms with Gasteiger partial charge >= 0.3 is 0 Å². The number of benzene rings is 1. The minimum absolute atomic E-state index is 0.226. The highest BCUT2D eigenvalue weighted by Gasteiger charge is 2.11. The molecule has 0 saturated carbocycles. The smallest absolute Gasteiger partial charge is 0.271 e. The first kappa shape index (κ1) is 16.2. The number of pyridine rings is 1. The first-order chi connectivity index (χ1) is 11.0. The first-order valence-electron chi connectivity index (χ1n) is 6.86. The van der Waals surface area contributed by atoms with Crippen LogP contribution in [0.3, 0.4) is 0 Å². The summed E-state index contributed by atoms with van der Waals surface area (Å²) in [4.78, 5) is 38.9. The fourth-order valence-electron chi connectivity index (χ4n) is 1.84. The molecule has 0 bridgehead atoms. The van der Waals surface area contributed by atoms with Crippen molar-refractivity contribution in [3.63, 3.8) is 0 Å². The van der Waals surface area contributed by atoms with Gasteiger partial charge in [-0.3, -0.25) is 30.2 Å². The summed E-state index contributed by atoms with van der Waals surface area (Å²) in [5.74, 6) is -1.19. The number of nitrogens with one attached hydrogen (secondary N) is 3. The quantitative estimate of drug-likeness (QED) is 0.746. The summed E-state index contributed by atoms with van der Waals surface area (Å²) in [5.41, 5.74) is 6.64. The van der Waals surface area contributed by atoms with Crippen LogP contribution in [0.2, 0.25) is 0 Å². The maximum absolute atomic E-state index is 12.1. The number of nitrogens with zero attached hydrogens (tertiary/aromatic N) is 1. The van der Waals surface area contributed by atoms with Crippen molar-refractivity contribution >= 4 is 23.4 Å².